The molecule has 10 heteroatoms. The highest BCUT2D eigenvalue weighted by molar-refractivity contribution is 9.10. The number of nitrogens with two attached hydrogens (primary N) is 2. The Morgan fingerprint density at radius 3 is 2.68 bits per heavy atom. The standard InChI is InChI=1S/C18H15BrN6O2S/c1-7-3-4-9(26)8(2)13(7)25-15(20)10(16(21)27)11-17(25)24-14(19)12(23-11)18-22-5-6-28-18/h3-6,26H,20H2,1-2H3,(H2,21,27). The van der Waals surface area contributed by atoms with Gasteiger partial charge >= 0.3 is 0 Å². The van der Waals surface area contributed by atoms with Gasteiger partial charge in [0, 0.05) is 17.1 Å². The van der Waals surface area contributed by atoms with E-state index in [1.165, 1.54) is 11.3 Å². The second kappa shape index (κ2) is 6.57. The van der Waals surface area contributed by atoms with Crippen molar-refractivity contribution in [1.29, 1.82) is 0 Å². The molecular formula is C18H15BrN6O2S. The minimum atomic E-state index is -0.710. The van der Waals surface area contributed by atoms with Crippen LogP contribution in [0.2, 0.25) is 0 Å². The van der Waals surface area contributed by atoms with E-state index in [0.717, 1.165) is 5.56 Å². The Bertz CT molecular complexity index is 1250. The van der Waals surface area contributed by atoms with Crippen molar-refractivity contribution >= 4 is 50.2 Å². The lowest BCUT2D eigenvalue weighted by Crippen LogP contribution is -2.14. The lowest BCUT2D eigenvalue weighted by Gasteiger charge is -2.15. The molecule has 3 heterocycles. The van der Waals surface area contributed by atoms with Gasteiger partial charge in [-0.3, -0.25) is 9.36 Å². The Hall–Kier alpha value is -2.98. The Kier molecular flexibility index (Phi) is 4.31. The molecule has 3 aromatic heterocycles. The van der Waals surface area contributed by atoms with Crippen molar-refractivity contribution in [3.8, 4) is 22.1 Å². The van der Waals surface area contributed by atoms with Gasteiger partial charge in [0.05, 0.1) is 5.69 Å². The molecule has 142 valence electrons. The van der Waals surface area contributed by atoms with Crippen LogP contribution in [0.1, 0.15) is 21.5 Å². The highest BCUT2D eigenvalue weighted by Crippen LogP contribution is 2.37. The highest BCUT2D eigenvalue weighted by atomic mass is 79.9. The van der Waals surface area contributed by atoms with Crippen LogP contribution in [-0.2, 0) is 0 Å². The summed E-state index contributed by atoms with van der Waals surface area (Å²) < 4.78 is 2.06. The first-order valence-electron chi connectivity index (χ1n) is 8.17. The van der Waals surface area contributed by atoms with Crippen LogP contribution < -0.4 is 11.5 Å². The Balaban J connectivity index is 2.15. The van der Waals surface area contributed by atoms with E-state index in [1.54, 1.807) is 29.8 Å². The minimum absolute atomic E-state index is 0.0787. The van der Waals surface area contributed by atoms with Gasteiger partial charge in [-0.05, 0) is 41.4 Å². The fraction of sp³-hybridized carbons (Fsp3) is 0.111. The molecule has 5 N–H and O–H groups in total. The third kappa shape index (κ3) is 2.64. The van der Waals surface area contributed by atoms with Crippen molar-refractivity contribution in [1.82, 2.24) is 19.5 Å². The summed E-state index contributed by atoms with van der Waals surface area (Å²) in [6.07, 6.45) is 1.66. The molecule has 28 heavy (non-hydrogen) atoms. The number of carbonyl (C=O) groups is 1. The van der Waals surface area contributed by atoms with E-state index < -0.39 is 5.91 Å². The Labute approximate surface area is 172 Å². The zero-order chi connectivity index (χ0) is 20.2. The van der Waals surface area contributed by atoms with Crippen LogP contribution >= 0.6 is 27.3 Å². The lowest BCUT2D eigenvalue weighted by molar-refractivity contribution is 0.100. The molecule has 0 bridgehead atoms. The summed E-state index contributed by atoms with van der Waals surface area (Å²) >= 11 is 4.84. The SMILES string of the molecule is Cc1ccc(O)c(C)c1-n1c(N)c(C(N)=O)c2nc(-c3nccs3)c(Br)nc21. The van der Waals surface area contributed by atoms with Crippen LogP contribution in [0.5, 0.6) is 5.75 Å². The largest absolute Gasteiger partial charge is 0.508 e. The van der Waals surface area contributed by atoms with Gasteiger partial charge in [-0.15, -0.1) is 11.3 Å². The minimum Gasteiger partial charge on any atom is -0.508 e. The van der Waals surface area contributed by atoms with E-state index in [-0.39, 0.29) is 22.6 Å². The van der Waals surface area contributed by atoms with Gasteiger partial charge in [-0.1, -0.05) is 6.07 Å². The van der Waals surface area contributed by atoms with E-state index in [0.29, 0.717) is 32.2 Å². The van der Waals surface area contributed by atoms with Gasteiger partial charge in [0.1, 0.15) is 38.0 Å². The number of amides is 1. The molecule has 0 saturated carbocycles. The summed E-state index contributed by atoms with van der Waals surface area (Å²) in [6.45, 7) is 3.64. The number of anilines is 1. The third-order valence-corrected chi connectivity index (χ3v) is 5.82. The van der Waals surface area contributed by atoms with Crippen LogP contribution in [0, 0.1) is 13.8 Å². The maximum Gasteiger partial charge on any atom is 0.254 e. The number of nitrogens with zero attached hydrogens (tertiary/aromatic N) is 4. The zero-order valence-corrected chi connectivity index (χ0v) is 17.3. The summed E-state index contributed by atoms with van der Waals surface area (Å²) in [5, 5.41) is 12.7. The topological polar surface area (TPSA) is 133 Å². The summed E-state index contributed by atoms with van der Waals surface area (Å²) in [6, 6.07) is 3.37. The second-order valence-corrected chi connectivity index (χ2v) is 7.85. The average molecular weight is 459 g/mol. The van der Waals surface area contributed by atoms with Gasteiger partial charge in [-0.25, -0.2) is 15.0 Å². The predicted molar refractivity (Wildman–Crippen MR) is 112 cm³/mol. The molecule has 0 aliphatic carbocycles. The van der Waals surface area contributed by atoms with Gasteiger partial charge in [-0.2, -0.15) is 0 Å². The number of aromatic nitrogens is 4. The number of fused-ring (bicyclic) bond motifs is 1. The summed E-state index contributed by atoms with van der Waals surface area (Å²) in [5.41, 5.74) is 15.2. The Morgan fingerprint density at radius 2 is 2.04 bits per heavy atom. The molecule has 0 unspecified atom stereocenters. The lowest BCUT2D eigenvalue weighted by atomic mass is 10.1. The number of hydrogen-bond donors (Lipinski definition) is 3. The van der Waals surface area contributed by atoms with E-state index in [2.05, 4.69) is 30.9 Å². The van der Waals surface area contributed by atoms with Crippen molar-refractivity contribution in [2.45, 2.75) is 13.8 Å². The van der Waals surface area contributed by atoms with Crippen LogP contribution in [-0.4, -0.2) is 30.5 Å². The normalized spacial score (nSPS) is 11.2. The smallest absolute Gasteiger partial charge is 0.254 e. The van der Waals surface area contributed by atoms with Crippen LogP contribution in [0.4, 0.5) is 5.82 Å². The molecule has 0 spiro atoms. The number of benzene rings is 1. The maximum atomic E-state index is 12.2. The number of primary amides is 1. The first kappa shape index (κ1) is 18.4. The third-order valence-electron chi connectivity index (χ3n) is 4.49. The van der Waals surface area contributed by atoms with Crippen molar-refractivity contribution < 1.29 is 9.90 Å². The van der Waals surface area contributed by atoms with Crippen LogP contribution in [0.25, 0.3) is 27.6 Å². The molecule has 0 aliphatic rings. The number of rotatable bonds is 3. The van der Waals surface area contributed by atoms with Gasteiger partial charge < -0.3 is 16.6 Å². The van der Waals surface area contributed by atoms with Crippen molar-refractivity contribution in [2.75, 3.05) is 5.73 Å². The molecule has 0 atom stereocenters. The summed E-state index contributed by atoms with van der Waals surface area (Å²) in [7, 11) is 0. The van der Waals surface area contributed by atoms with Crippen molar-refractivity contribution in [3.05, 3.63) is 45.0 Å². The highest BCUT2D eigenvalue weighted by Gasteiger charge is 2.26. The molecular weight excluding hydrogens is 444 g/mol. The number of halogens is 1. The first-order chi connectivity index (χ1) is 13.3. The fourth-order valence-corrected chi connectivity index (χ4v) is 4.39. The van der Waals surface area contributed by atoms with Gasteiger partial charge in [0.15, 0.2) is 5.65 Å². The molecule has 0 saturated heterocycles. The second-order valence-electron chi connectivity index (χ2n) is 6.21. The van der Waals surface area contributed by atoms with Gasteiger partial charge in [0.25, 0.3) is 5.91 Å². The number of phenolic OH excluding ortho intramolecular Hbond substituents is 1. The predicted octanol–water partition coefficient (Wildman–Crippen LogP) is 3.31. The number of aromatic hydroxyl groups is 1. The van der Waals surface area contributed by atoms with Crippen molar-refractivity contribution in [3.63, 3.8) is 0 Å². The number of thiazole rings is 1. The van der Waals surface area contributed by atoms with Crippen LogP contribution in [0.15, 0.2) is 28.3 Å². The molecule has 0 radical (unpaired) electrons. The van der Waals surface area contributed by atoms with E-state index in [4.69, 9.17) is 11.5 Å². The number of aryl methyl sites for hydroxylation is 1. The molecule has 4 rings (SSSR count). The quantitative estimate of drug-likeness (QED) is 0.431. The molecule has 8 nitrogen and oxygen atoms in total. The van der Waals surface area contributed by atoms with E-state index in [9.17, 15) is 9.90 Å². The molecule has 4 aromatic rings. The Morgan fingerprint density at radius 1 is 1.29 bits per heavy atom. The fourth-order valence-electron chi connectivity index (χ4n) is 3.19. The number of phenols is 1. The summed E-state index contributed by atoms with van der Waals surface area (Å²) in [4.78, 5) is 25.6. The van der Waals surface area contributed by atoms with E-state index >= 15 is 0 Å². The van der Waals surface area contributed by atoms with Gasteiger partial charge in [0.2, 0.25) is 0 Å². The number of carbonyl (C=O) groups excluding carboxylic acids is 1. The monoisotopic (exact) mass is 458 g/mol. The zero-order valence-electron chi connectivity index (χ0n) is 14.9. The number of hydrogen-bond acceptors (Lipinski definition) is 7. The average Bonchev–Trinajstić information content (AvgIpc) is 3.25. The van der Waals surface area contributed by atoms with Crippen molar-refractivity contribution in [2.24, 2.45) is 5.73 Å². The van der Waals surface area contributed by atoms with E-state index in [1.807, 2.05) is 12.3 Å². The van der Waals surface area contributed by atoms with Crippen LogP contribution in [0.3, 0.4) is 0 Å². The number of nitrogen functional groups attached to an aromatic ring is 1. The molecule has 0 fully saturated rings. The summed E-state index contributed by atoms with van der Waals surface area (Å²) in [5.74, 6) is -0.491. The molecule has 1 amide bonds. The molecule has 1 aromatic carbocycles. The first-order valence-corrected chi connectivity index (χ1v) is 9.85. The maximum absolute atomic E-state index is 12.2. The molecule has 0 aliphatic heterocycles.